The van der Waals surface area contributed by atoms with Gasteiger partial charge in [0.2, 0.25) is 0 Å². The summed E-state index contributed by atoms with van der Waals surface area (Å²) >= 11 is 0. The van der Waals surface area contributed by atoms with E-state index in [2.05, 4.69) is 20.3 Å². The van der Waals surface area contributed by atoms with E-state index in [0.29, 0.717) is 38.2 Å². The van der Waals surface area contributed by atoms with Gasteiger partial charge in [-0.1, -0.05) is 6.07 Å². The van der Waals surface area contributed by atoms with Crippen molar-refractivity contribution in [1.82, 2.24) is 19.7 Å². The summed E-state index contributed by atoms with van der Waals surface area (Å²) < 4.78 is 46.4. The molecule has 0 aliphatic carbocycles. The van der Waals surface area contributed by atoms with E-state index in [4.69, 9.17) is 9.72 Å². The van der Waals surface area contributed by atoms with Crippen molar-refractivity contribution in [2.45, 2.75) is 13.1 Å². The summed E-state index contributed by atoms with van der Waals surface area (Å²) in [5, 5.41) is 6.97. The molecule has 4 aromatic rings. The van der Waals surface area contributed by atoms with Crippen LogP contribution < -0.4 is 10.2 Å². The number of carbonyl (C=O) groups excluding carboxylic acids is 1. The standard InChI is InChI=1S/C27H25F3N6O2/c1-17-3-4-22(33-26(37)19-9-21(15-31-13-19)27(28,29)30)12-23(17)18-10-24(20-14-32-35(2)16-20)34-25(11-18)36-5-7-38-8-6-36/h3-4,9-16H,5-8H2,1-2H3,(H,33,37). The number of aromatic nitrogens is 4. The Labute approximate surface area is 217 Å². The van der Waals surface area contributed by atoms with Crippen molar-refractivity contribution in [3.05, 3.63) is 77.9 Å². The van der Waals surface area contributed by atoms with Crippen molar-refractivity contribution in [1.29, 1.82) is 0 Å². The SMILES string of the molecule is Cc1ccc(NC(=O)c2cncc(C(F)(F)F)c2)cc1-c1cc(-c2cnn(C)c2)nc(N2CCOCC2)c1. The Morgan fingerprint density at radius 2 is 1.82 bits per heavy atom. The molecular weight excluding hydrogens is 497 g/mol. The number of hydrogen-bond acceptors (Lipinski definition) is 6. The van der Waals surface area contributed by atoms with Gasteiger partial charge in [-0.05, 0) is 53.9 Å². The van der Waals surface area contributed by atoms with E-state index in [1.54, 1.807) is 23.0 Å². The average Bonchev–Trinajstić information content (AvgIpc) is 3.36. The molecule has 1 fully saturated rings. The molecule has 38 heavy (non-hydrogen) atoms. The van der Waals surface area contributed by atoms with Crippen LogP contribution in [0, 0.1) is 6.92 Å². The predicted octanol–water partition coefficient (Wildman–Crippen LogP) is 4.96. The van der Waals surface area contributed by atoms with E-state index in [1.807, 2.05) is 38.4 Å². The van der Waals surface area contributed by atoms with Crippen molar-refractivity contribution < 1.29 is 22.7 Å². The number of halogens is 3. The van der Waals surface area contributed by atoms with Crippen molar-refractivity contribution in [3.63, 3.8) is 0 Å². The minimum atomic E-state index is -4.59. The number of anilines is 2. The summed E-state index contributed by atoms with van der Waals surface area (Å²) in [5.41, 5.74) is 3.59. The van der Waals surface area contributed by atoms with Crippen LogP contribution in [-0.4, -0.2) is 52.0 Å². The molecule has 1 aromatic carbocycles. The zero-order valence-electron chi connectivity index (χ0n) is 20.8. The van der Waals surface area contributed by atoms with Crippen molar-refractivity contribution in [2.75, 3.05) is 36.5 Å². The summed E-state index contributed by atoms with van der Waals surface area (Å²) in [7, 11) is 1.84. The van der Waals surface area contributed by atoms with Crippen LogP contribution in [-0.2, 0) is 18.0 Å². The molecule has 1 saturated heterocycles. The molecule has 0 spiro atoms. The number of benzene rings is 1. The molecule has 11 heteroatoms. The summed E-state index contributed by atoms with van der Waals surface area (Å²) in [6.07, 6.45) is 0.850. The van der Waals surface area contributed by atoms with Gasteiger partial charge >= 0.3 is 6.18 Å². The highest BCUT2D eigenvalue weighted by molar-refractivity contribution is 6.04. The third kappa shape index (κ3) is 5.52. The molecule has 4 heterocycles. The quantitative estimate of drug-likeness (QED) is 0.399. The van der Waals surface area contributed by atoms with Crippen molar-refractivity contribution in [2.24, 2.45) is 7.05 Å². The first-order valence-corrected chi connectivity index (χ1v) is 12.0. The van der Waals surface area contributed by atoms with Gasteiger partial charge in [-0.2, -0.15) is 18.3 Å². The highest BCUT2D eigenvalue weighted by atomic mass is 19.4. The number of ether oxygens (including phenoxy) is 1. The van der Waals surface area contributed by atoms with E-state index in [0.717, 1.165) is 46.0 Å². The Bertz CT molecular complexity index is 1480. The number of morpholine rings is 1. The van der Waals surface area contributed by atoms with Crippen LogP contribution in [0.2, 0.25) is 0 Å². The van der Waals surface area contributed by atoms with E-state index in [1.165, 1.54) is 0 Å². The van der Waals surface area contributed by atoms with Gasteiger partial charge in [0.15, 0.2) is 0 Å². The molecule has 196 valence electrons. The zero-order valence-corrected chi connectivity index (χ0v) is 20.8. The summed E-state index contributed by atoms with van der Waals surface area (Å²) in [6, 6.07) is 10.1. The lowest BCUT2D eigenvalue weighted by Crippen LogP contribution is -2.36. The van der Waals surface area contributed by atoms with Crippen LogP contribution in [0.3, 0.4) is 0 Å². The first-order valence-electron chi connectivity index (χ1n) is 12.0. The number of hydrogen-bond donors (Lipinski definition) is 1. The lowest BCUT2D eigenvalue weighted by molar-refractivity contribution is -0.137. The third-order valence-electron chi connectivity index (χ3n) is 6.28. The second kappa shape index (κ2) is 10.3. The van der Waals surface area contributed by atoms with Gasteiger partial charge in [0.1, 0.15) is 5.82 Å². The maximum absolute atomic E-state index is 13.1. The number of alkyl halides is 3. The number of amides is 1. The number of rotatable bonds is 5. The Hall–Kier alpha value is -4.25. The van der Waals surface area contributed by atoms with Gasteiger partial charge in [0, 0.05) is 50.0 Å². The predicted molar refractivity (Wildman–Crippen MR) is 137 cm³/mol. The van der Waals surface area contributed by atoms with Crippen LogP contribution in [0.4, 0.5) is 24.7 Å². The van der Waals surface area contributed by atoms with Crippen molar-refractivity contribution >= 4 is 17.4 Å². The molecule has 5 rings (SSSR count). The Morgan fingerprint density at radius 3 is 2.53 bits per heavy atom. The normalized spacial score (nSPS) is 14.0. The maximum Gasteiger partial charge on any atom is 0.417 e. The second-order valence-corrected chi connectivity index (χ2v) is 9.05. The van der Waals surface area contributed by atoms with E-state index >= 15 is 0 Å². The van der Waals surface area contributed by atoms with E-state index < -0.39 is 17.6 Å². The van der Waals surface area contributed by atoms with Crippen LogP contribution in [0.1, 0.15) is 21.5 Å². The zero-order chi connectivity index (χ0) is 26.9. The van der Waals surface area contributed by atoms with Gasteiger partial charge in [0.25, 0.3) is 5.91 Å². The lowest BCUT2D eigenvalue weighted by atomic mass is 9.98. The Morgan fingerprint density at radius 1 is 1.03 bits per heavy atom. The van der Waals surface area contributed by atoms with Crippen LogP contribution >= 0.6 is 0 Å². The average molecular weight is 523 g/mol. The first kappa shape index (κ1) is 25.4. The Kier molecular flexibility index (Phi) is 6.85. The number of nitrogens with zero attached hydrogens (tertiary/aromatic N) is 5. The molecule has 0 radical (unpaired) electrons. The van der Waals surface area contributed by atoms with Crippen LogP contribution in [0.5, 0.6) is 0 Å². The molecule has 0 unspecified atom stereocenters. The highest BCUT2D eigenvalue weighted by Crippen LogP contribution is 2.33. The smallest absolute Gasteiger partial charge is 0.378 e. The number of carbonyl (C=O) groups is 1. The van der Waals surface area contributed by atoms with Gasteiger partial charge in [0.05, 0.1) is 36.2 Å². The topological polar surface area (TPSA) is 85.2 Å². The minimum Gasteiger partial charge on any atom is -0.378 e. The van der Waals surface area contributed by atoms with Gasteiger partial charge < -0.3 is 15.0 Å². The fraction of sp³-hybridized carbons (Fsp3) is 0.259. The first-order chi connectivity index (χ1) is 18.2. The molecule has 0 saturated carbocycles. The molecule has 1 aliphatic heterocycles. The summed E-state index contributed by atoms with van der Waals surface area (Å²) in [4.78, 5) is 23.4. The van der Waals surface area contributed by atoms with Crippen LogP contribution in [0.25, 0.3) is 22.4 Å². The lowest BCUT2D eigenvalue weighted by Gasteiger charge is -2.28. The summed E-state index contributed by atoms with van der Waals surface area (Å²) in [5.74, 6) is 0.117. The van der Waals surface area contributed by atoms with E-state index in [-0.39, 0.29) is 5.56 Å². The Balaban J connectivity index is 1.50. The highest BCUT2D eigenvalue weighted by Gasteiger charge is 2.31. The fourth-order valence-corrected chi connectivity index (χ4v) is 4.26. The number of aryl methyl sites for hydroxylation is 2. The van der Waals surface area contributed by atoms with E-state index in [9.17, 15) is 18.0 Å². The maximum atomic E-state index is 13.1. The molecule has 3 aromatic heterocycles. The molecule has 0 bridgehead atoms. The molecule has 0 atom stereocenters. The van der Waals surface area contributed by atoms with Crippen LogP contribution in [0.15, 0.2) is 61.2 Å². The van der Waals surface area contributed by atoms with Gasteiger partial charge in [-0.15, -0.1) is 0 Å². The molecular formula is C27H25F3N6O2. The molecule has 1 N–H and O–H groups in total. The second-order valence-electron chi connectivity index (χ2n) is 9.05. The largest absolute Gasteiger partial charge is 0.417 e. The molecule has 1 amide bonds. The van der Waals surface area contributed by atoms with Gasteiger partial charge in [-0.25, -0.2) is 4.98 Å². The monoisotopic (exact) mass is 522 g/mol. The van der Waals surface area contributed by atoms with Gasteiger partial charge in [-0.3, -0.25) is 14.5 Å². The minimum absolute atomic E-state index is 0.181. The number of pyridine rings is 2. The fourth-order valence-electron chi connectivity index (χ4n) is 4.26. The molecule has 8 nitrogen and oxygen atoms in total. The van der Waals surface area contributed by atoms with Crippen molar-refractivity contribution in [3.8, 4) is 22.4 Å². The molecule has 1 aliphatic rings. The third-order valence-corrected chi connectivity index (χ3v) is 6.28. The number of nitrogens with one attached hydrogen (secondary N) is 1. The summed E-state index contributed by atoms with van der Waals surface area (Å²) in [6.45, 7) is 4.60.